The summed E-state index contributed by atoms with van der Waals surface area (Å²) in [7, 11) is 2.23. The van der Waals surface area contributed by atoms with Crippen LogP contribution in [0.1, 0.15) is 266 Å². The molecule has 0 aromatic rings. The van der Waals surface area contributed by atoms with E-state index in [0.717, 1.165) is 39.0 Å². The van der Waals surface area contributed by atoms with Gasteiger partial charge < -0.3 is 23.8 Å². The van der Waals surface area contributed by atoms with Gasteiger partial charge in [-0.25, -0.2) is 0 Å². The second-order valence-corrected chi connectivity index (χ2v) is 18.4. The van der Waals surface area contributed by atoms with Crippen molar-refractivity contribution >= 4 is 5.97 Å². The highest BCUT2D eigenvalue weighted by atomic mass is 16.7. The fourth-order valence-corrected chi connectivity index (χ4v) is 8.05. The van der Waals surface area contributed by atoms with Gasteiger partial charge in [0.2, 0.25) is 0 Å². The molecule has 1 atom stereocenters. The molecule has 0 fully saturated rings. The highest BCUT2D eigenvalue weighted by Crippen LogP contribution is 2.22. The summed E-state index contributed by atoms with van der Waals surface area (Å²) in [5, 5.41) is 0. The molecule has 0 radical (unpaired) electrons. The molecule has 6 nitrogen and oxygen atoms in total. The first-order valence-corrected chi connectivity index (χ1v) is 26.0. The molecule has 0 aromatic carbocycles. The predicted octanol–water partition coefficient (Wildman–Crippen LogP) is 16.0. The number of nitrogens with zero attached hydrogens (tertiary/aromatic N) is 1. The zero-order valence-corrected chi connectivity index (χ0v) is 40.6. The molecule has 58 heavy (non-hydrogen) atoms. The van der Waals surface area contributed by atoms with E-state index in [-0.39, 0.29) is 5.97 Å². The zero-order valence-electron chi connectivity index (χ0n) is 40.6. The van der Waals surface area contributed by atoms with Gasteiger partial charge in [0.05, 0.1) is 18.8 Å². The highest BCUT2D eigenvalue weighted by molar-refractivity contribution is 5.69. The largest absolute Gasteiger partial charge is 0.466 e. The van der Waals surface area contributed by atoms with Gasteiger partial charge >= 0.3 is 5.97 Å². The molecule has 0 N–H and O–H groups in total. The van der Waals surface area contributed by atoms with Gasteiger partial charge in [0.25, 0.3) is 0 Å². The third-order valence-corrected chi connectivity index (χ3v) is 12.4. The molecule has 0 aromatic heterocycles. The fourth-order valence-electron chi connectivity index (χ4n) is 8.05. The van der Waals surface area contributed by atoms with Crippen LogP contribution in [0.4, 0.5) is 0 Å². The maximum atomic E-state index is 12.5. The second kappa shape index (κ2) is 45.8. The third-order valence-electron chi connectivity index (χ3n) is 12.4. The molecule has 6 heteroatoms. The lowest BCUT2D eigenvalue weighted by Crippen LogP contribution is -2.27. The van der Waals surface area contributed by atoms with Gasteiger partial charge in [0.15, 0.2) is 0 Å². The molecule has 0 saturated heterocycles. The van der Waals surface area contributed by atoms with Gasteiger partial charge in [-0.3, -0.25) is 4.79 Å². The summed E-state index contributed by atoms with van der Waals surface area (Å²) >= 11 is 0. The number of unbranched alkanes of at least 4 members (excludes halogenated alkanes) is 21. The molecule has 0 rings (SSSR count). The summed E-state index contributed by atoms with van der Waals surface area (Å²) in [6.07, 6.45) is 43.9. The lowest BCUT2D eigenvalue weighted by atomic mass is 9.92. The number of rotatable bonds is 48. The average molecular weight is 824 g/mol. The van der Waals surface area contributed by atoms with E-state index in [9.17, 15) is 4.79 Å². The number of carbonyl (C=O) groups excluding carboxylic acids is 1. The Hall–Kier alpha value is -0.690. The summed E-state index contributed by atoms with van der Waals surface area (Å²) in [5.41, 5.74) is 0. The number of ether oxygens (including phenoxy) is 4. The molecule has 0 saturated carbocycles. The molecule has 0 aliphatic carbocycles. The van der Waals surface area contributed by atoms with Crippen LogP contribution in [0.15, 0.2) is 0 Å². The molecule has 0 aliphatic heterocycles. The van der Waals surface area contributed by atoms with Crippen molar-refractivity contribution in [3.8, 4) is 0 Å². The van der Waals surface area contributed by atoms with Crippen LogP contribution in [0.5, 0.6) is 0 Å². The minimum absolute atomic E-state index is 0.0369. The van der Waals surface area contributed by atoms with Crippen molar-refractivity contribution in [1.82, 2.24) is 4.90 Å². The number of carbonyl (C=O) groups is 1. The Morgan fingerprint density at radius 1 is 0.448 bits per heavy atom. The quantitative estimate of drug-likeness (QED) is 0.0346. The summed E-state index contributed by atoms with van der Waals surface area (Å²) in [6.45, 7) is 17.6. The molecule has 348 valence electrons. The molecular weight excluding hydrogens is 719 g/mol. The maximum absolute atomic E-state index is 12.5. The molecule has 0 aliphatic rings. The smallest absolute Gasteiger partial charge is 0.306 e. The second-order valence-electron chi connectivity index (χ2n) is 18.4. The van der Waals surface area contributed by atoms with Crippen molar-refractivity contribution in [2.45, 2.75) is 285 Å². The van der Waals surface area contributed by atoms with Crippen LogP contribution in [-0.2, 0) is 23.7 Å². The van der Waals surface area contributed by atoms with Gasteiger partial charge in [-0.2, -0.15) is 0 Å². The van der Waals surface area contributed by atoms with Crippen molar-refractivity contribution in [2.75, 3.05) is 40.2 Å². The van der Waals surface area contributed by atoms with E-state index in [1.807, 2.05) is 0 Å². The van der Waals surface area contributed by atoms with E-state index in [4.69, 9.17) is 18.9 Å². The Morgan fingerprint density at radius 2 is 0.845 bits per heavy atom. The number of hydrogen-bond acceptors (Lipinski definition) is 6. The zero-order chi connectivity index (χ0) is 42.6. The lowest BCUT2D eigenvalue weighted by Gasteiger charge is -2.21. The maximum Gasteiger partial charge on any atom is 0.306 e. The van der Waals surface area contributed by atoms with E-state index in [0.29, 0.717) is 44.0 Å². The van der Waals surface area contributed by atoms with Gasteiger partial charge in [-0.05, 0) is 97.6 Å². The molecule has 0 spiro atoms. The topological polar surface area (TPSA) is 57.2 Å². The summed E-state index contributed by atoms with van der Waals surface area (Å²) < 4.78 is 24.2. The first kappa shape index (κ1) is 57.3. The Balaban J connectivity index is 4.19. The standard InChI is InChI=1S/C52H105NO5/c1-8-12-26-36-49(37-27-13-9-2)46-52(54)57-45-34-25-21-17-19-23-31-41-50(56-44-35-32-42-53(7)48(5)6)40-30-22-18-16-20-24-33-43-55-47-58-51(38-28-14-10-3)39-29-15-11-4/h48-51H,8-47H2,1-7H3. The van der Waals surface area contributed by atoms with Crippen molar-refractivity contribution < 1.29 is 23.7 Å². The van der Waals surface area contributed by atoms with E-state index in [1.54, 1.807) is 0 Å². The van der Waals surface area contributed by atoms with Crippen molar-refractivity contribution in [3.63, 3.8) is 0 Å². The van der Waals surface area contributed by atoms with Gasteiger partial charge in [-0.15, -0.1) is 0 Å². The van der Waals surface area contributed by atoms with E-state index < -0.39 is 0 Å². The highest BCUT2D eigenvalue weighted by Gasteiger charge is 2.15. The SMILES string of the molecule is CCCCCC(CCCCC)CC(=O)OCCCCCCCCCC(CCCCCCCCCOCOC(CCCCC)CCCCC)OCCCCN(C)C(C)C. The van der Waals surface area contributed by atoms with Crippen LogP contribution in [0.25, 0.3) is 0 Å². The molecular formula is C52H105NO5. The molecule has 1 unspecified atom stereocenters. The van der Waals surface area contributed by atoms with Crippen molar-refractivity contribution in [2.24, 2.45) is 5.92 Å². The van der Waals surface area contributed by atoms with Crippen LogP contribution in [0.2, 0.25) is 0 Å². The van der Waals surface area contributed by atoms with Crippen LogP contribution in [0.3, 0.4) is 0 Å². The minimum atomic E-state index is 0.0369. The van der Waals surface area contributed by atoms with Crippen molar-refractivity contribution in [1.29, 1.82) is 0 Å². The number of esters is 1. The number of hydrogen-bond donors (Lipinski definition) is 0. The average Bonchev–Trinajstić information content (AvgIpc) is 3.21. The first-order valence-electron chi connectivity index (χ1n) is 26.0. The van der Waals surface area contributed by atoms with Crippen LogP contribution >= 0.6 is 0 Å². The first-order chi connectivity index (χ1) is 28.4. The molecule has 0 heterocycles. The van der Waals surface area contributed by atoms with Crippen LogP contribution in [0, 0.1) is 5.92 Å². The van der Waals surface area contributed by atoms with Gasteiger partial charge in [0.1, 0.15) is 6.79 Å². The monoisotopic (exact) mass is 824 g/mol. The predicted molar refractivity (Wildman–Crippen MR) is 252 cm³/mol. The third kappa shape index (κ3) is 40.7. The summed E-state index contributed by atoms with van der Waals surface area (Å²) in [4.78, 5) is 15.0. The fraction of sp³-hybridized carbons (Fsp3) is 0.981. The molecule has 0 bridgehead atoms. The summed E-state index contributed by atoms with van der Waals surface area (Å²) in [6, 6.07) is 0.611. The van der Waals surface area contributed by atoms with Crippen LogP contribution in [-0.4, -0.2) is 69.3 Å². The van der Waals surface area contributed by atoms with Crippen LogP contribution < -0.4 is 0 Å². The van der Waals surface area contributed by atoms with Gasteiger partial charge in [-0.1, -0.05) is 182 Å². The Labute approximate surface area is 364 Å². The van der Waals surface area contributed by atoms with E-state index in [1.165, 1.54) is 199 Å². The Bertz CT molecular complexity index is 789. The normalized spacial score (nSPS) is 12.5. The summed E-state index contributed by atoms with van der Waals surface area (Å²) in [5.74, 6) is 0.554. The van der Waals surface area contributed by atoms with E-state index >= 15 is 0 Å². The minimum Gasteiger partial charge on any atom is -0.466 e. The Morgan fingerprint density at radius 3 is 1.33 bits per heavy atom. The van der Waals surface area contributed by atoms with Crippen molar-refractivity contribution in [3.05, 3.63) is 0 Å². The Kier molecular flexibility index (Phi) is 45.3. The van der Waals surface area contributed by atoms with Gasteiger partial charge in [0, 0.05) is 25.7 Å². The van der Waals surface area contributed by atoms with E-state index in [2.05, 4.69) is 53.5 Å². The lowest BCUT2D eigenvalue weighted by molar-refractivity contribution is -0.145. The molecule has 0 amide bonds.